The lowest BCUT2D eigenvalue weighted by Crippen LogP contribution is -2.47. The van der Waals surface area contributed by atoms with E-state index in [-0.39, 0.29) is 12.5 Å². The van der Waals surface area contributed by atoms with Gasteiger partial charge in [-0.1, -0.05) is 0 Å². The molecule has 88 valence electrons. The number of aromatic nitrogens is 1. The van der Waals surface area contributed by atoms with Crippen molar-refractivity contribution < 1.29 is 9.90 Å². The van der Waals surface area contributed by atoms with Crippen molar-refractivity contribution in [1.82, 2.24) is 9.88 Å². The maximum absolute atomic E-state index is 12.0. The van der Waals surface area contributed by atoms with E-state index < -0.39 is 5.54 Å². The average molecular weight is 222 g/mol. The van der Waals surface area contributed by atoms with Gasteiger partial charge in [0.15, 0.2) is 0 Å². The van der Waals surface area contributed by atoms with E-state index in [2.05, 4.69) is 4.98 Å². The molecule has 16 heavy (non-hydrogen) atoms. The molecule has 0 aliphatic carbocycles. The molecule has 0 aliphatic rings. The molecular formula is C12H18N2O2. The molecule has 0 aromatic carbocycles. The number of hydrogen-bond acceptors (Lipinski definition) is 3. The summed E-state index contributed by atoms with van der Waals surface area (Å²) in [5.41, 5.74) is 0.845. The van der Waals surface area contributed by atoms with Gasteiger partial charge in [0.2, 0.25) is 0 Å². The van der Waals surface area contributed by atoms with Crippen molar-refractivity contribution >= 4 is 5.91 Å². The van der Waals surface area contributed by atoms with E-state index in [4.69, 9.17) is 0 Å². The standard InChI is InChI=1S/C12H18N2O2/c1-9-5-6-10(7-13-9)11(16)14(4)12(2,3)8-15/h5-7,15H,8H2,1-4H3. The van der Waals surface area contributed by atoms with Crippen LogP contribution in [-0.4, -0.2) is 40.1 Å². The molecule has 1 heterocycles. The number of nitrogens with zero attached hydrogens (tertiary/aromatic N) is 2. The fourth-order valence-electron chi connectivity index (χ4n) is 1.17. The van der Waals surface area contributed by atoms with E-state index in [1.807, 2.05) is 20.8 Å². The molecule has 0 fully saturated rings. The monoisotopic (exact) mass is 222 g/mol. The largest absolute Gasteiger partial charge is 0.394 e. The van der Waals surface area contributed by atoms with Crippen molar-refractivity contribution in [3.05, 3.63) is 29.6 Å². The number of pyridine rings is 1. The van der Waals surface area contributed by atoms with Crippen LogP contribution in [0.5, 0.6) is 0 Å². The van der Waals surface area contributed by atoms with E-state index in [1.165, 1.54) is 4.90 Å². The molecule has 0 saturated carbocycles. The second kappa shape index (κ2) is 4.61. The Hall–Kier alpha value is -1.42. The Morgan fingerprint density at radius 1 is 1.50 bits per heavy atom. The van der Waals surface area contributed by atoms with Crippen molar-refractivity contribution in [2.75, 3.05) is 13.7 Å². The molecule has 4 nitrogen and oxygen atoms in total. The van der Waals surface area contributed by atoms with E-state index in [0.29, 0.717) is 5.56 Å². The number of likely N-dealkylation sites (N-methyl/N-ethyl adjacent to an activating group) is 1. The summed E-state index contributed by atoms with van der Waals surface area (Å²) in [6, 6.07) is 3.54. The molecule has 0 saturated heterocycles. The van der Waals surface area contributed by atoms with Gasteiger partial charge in [-0.15, -0.1) is 0 Å². The lowest BCUT2D eigenvalue weighted by molar-refractivity contribution is 0.0473. The van der Waals surface area contributed by atoms with Gasteiger partial charge >= 0.3 is 0 Å². The molecule has 0 aliphatic heterocycles. The summed E-state index contributed by atoms with van der Waals surface area (Å²) in [6.45, 7) is 5.42. The average Bonchev–Trinajstić information content (AvgIpc) is 2.28. The smallest absolute Gasteiger partial charge is 0.255 e. The summed E-state index contributed by atoms with van der Waals surface area (Å²) in [6.07, 6.45) is 1.56. The molecule has 4 heteroatoms. The zero-order valence-electron chi connectivity index (χ0n) is 10.2. The second-order valence-electron chi connectivity index (χ2n) is 4.52. The topological polar surface area (TPSA) is 53.4 Å². The second-order valence-corrected chi connectivity index (χ2v) is 4.52. The first-order valence-corrected chi connectivity index (χ1v) is 5.20. The van der Waals surface area contributed by atoms with E-state index >= 15 is 0 Å². The molecule has 0 atom stereocenters. The summed E-state index contributed by atoms with van der Waals surface area (Å²) in [5.74, 6) is -0.133. The maximum Gasteiger partial charge on any atom is 0.255 e. The number of aliphatic hydroxyl groups excluding tert-OH is 1. The first kappa shape index (κ1) is 12.6. The Balaban J connectivity index is 2.90. The Morgan fingerprint density at radius 2 is 2.12 bits per heavy atom. The first-order valence-electron chi connectivity index (χ1n) is 5.20. The molecule has 1 aromatic heterocycles. The summed E-state index contributed by atoms with van der Waals surface area (Å²) in [7, 11) is 1.68. The number of carbonyl (C=O) groups is 1. The molecule has 1 amide bonds. The molecule has 1 rings (SSSR count). The Morgan fingerprint density at radius 3 is 2.56 bits per heavy atom. The van der Waals surface area contributed by atoms with Crippen LogP contribution in [0.1, 0.15) is 29.9 Å². The Bertz CT molecular complexity index is 371. The van der Waals surface area contributed by atoms with Gasteiger partial charge in [-0.25, -0.2) is 0 Å². The lowest BCUT2D eigenvalue weighted by Gasteiger charge is -2.33. The van der Waals surface area contributed by atoms with Crippen LogP contribution >= 0.6 is 0 Å². The number of rotatable bonds is 3. The van der Waals surface area contributed by atoms with Crippen molar-refractivity contribution in [1.29, 1.82) is 0 Å². The van der Waals surface area contributed by atoms with E-state index in [9.17, 15) is 9.90 Å². The van der Waals surface area contributed by atoms with Crippen LogP contribution in [-0.2, 0) is 0 Å². The van der Waals surface area contributed by atoms with Gasteiger partial charge in [-0.2, -0.15) is 0 Å². The van der Waals surface area contributed by atoms with Gasteiger partial charge < -0.3 is 10.0 Å². The molecule has 0 radical (unpaired) electrons. The van der Waals surface area contributed by atoms with Crippen LogP contribution in [0.25, 0.3) is 0 Å². The van der Waals surface area contributed by atoms with Crippen molar-refractivity contribution in [3.63, 3.8) is 0 Å². The van der Waals surface area contributed by atoms with Gasteiger partial charge in [0.1, 0.15) is 0 Å². The third-order valence-corrected chi connectivity index (χ3v) is 2.76. The van der Waals surface area contributed by atoms with Crippen molar-refractivity contribution in [3.8, 4) is 0 Å². The number of amides is 1. The highest BCUT2D eigenvalue weighted by Crippen LogP contribution is 2.14. The van der Waals surface area contributed by atoms with E-state index in [0.717, 1.165) is 5.69 Å². The quantitative estimate of drug-likeness (QED) is 0.837. The van der Waals surface area contributed by atoms with Crippen LogP contribution in [0.3, 0.4) is 0 Å². The number of aryl methyl sites for hydroxylation is 1. The van der Waals surface area contributed by atoms with Crippen molar-refractivity contribution in [2.45, 2.75) is 26.3 Å². The summed E-state index contributed by atoms with van der Waals surface area (Å²) < 4.78 is 0. The van der Waals surface area contributed by atoms with Crippen LogP contribution in [0, 0.1) is 6.92 Å². The maximum atomic E-state index is 12.0. The zero-order chi connectivity index (χ0) is 12.3. The van der Waals surface area contributed by atoms with Gasteiger partial charge in [0.05, 0.1) is 17.7 Å². The van der Waals surface area contributed by atoms with Gasteiger partial charge in [0, 0.05) is 18.9 Å². The fraction of sp³-hybridized carbons (Fsp3) is 0.500. The van der Waals surface area contributed by atoms with Crippen LogP contribution in [0.2, 0.25) is 0 Å². The van der Waals surface area contributed by atoms with Crippen LogP contribution in [0.4, 0.5) is 0 Å². The predicted octanol–water partition coefficient (Wildman–Crippen LogP) is 1.23. The molecular weight excluding hydrogens is 204 g/mol. The predicted molar refractivity (Wildman–Crippen MR) is 62.2 cm³/mol. The van der Waals surface area contributed by atoms with Crippen molar-refractivity contribution in [2.24, 2.45) is 0 Å². The van der Waals surface area contributed by atoms with Crippen LogP contribution in [0.15, 0.2) is 18.3 Å². The minimum atomic E-state index is -0.567. The SMILES string of the molecule is Cc1ccc(C(=O)N(C)C(C)(C)CO)cn1. The summed E-state index contributed by atoms with van der Waals surface area (Å²) >= 11 is 0. The number of hydrogen-bond donors (Lipinski definition) is 1. The molecule has 1 N–H and O–H groups in total. The number of carbonyl (C=O) groups excluding carboxylic acids is 1. The highest BCUT2D eigenvalue weighted by Gasteiger charge is 2.27. The Kier molecular flexibility index (Phi) is 3.65. The summed E-state index contributed by atoms with van der Waals surface area (Å²) in [5, 5.41) is 9.19. The van der Waals surface area contributed by atoms with Gasteiger partial charge in [-0.05, 0) is 32.9 Å². The minimum absolute atomic E-state index is 0.0749. The lowest BCUT2D eigenvalue weighted by atomic mass is 10.0. The van der Waals surface area contributed by atoms with Gasteiger partial charge in [-0.3, -0.25) is 9.78 Å². The minimum Gasteiger partial charge on any atom is -0.394 e. The van der Waals surface area contributed by atoms with Crippen LogP contribution < -0.4 is 0 Å². The first-order chi connectivity index (χ1) is 7.38. The number of aliphatic hydroxyl groups is 1. The molecule has 0 spiro atoms. The highest BCUT2D eigenvalue weighted by molar-refractivity contribution is 5.94. The fourth-order valence-corrected chi connectivity index (χ4v) is 1.17. The van der Waals surface area contributed by atoms with E-state index in [1.54, 1.807) is 25.4 Å². The highest BCUT2D eigenvalue weighted by atomic mass is 16.3. The summed E-state index contributed by atoms with van der Waals surface area (Å²) in [4.78, 5) is 17.6. The molecule has 0 bridgehead atoms. The van der Waals surface area contributed by atoms with Gasteiger partial charge in [0.25, 0.3) is 5.91 Å². The third kappa shape index (κ3) is 2.58. The third-order valence-electron chi connectivity index (χ3n) is 2.76. The molecule has 1 aromatic rings. The molecule has 0 unspecified atom stereocenters. The Labute approximate surface area is 95.9 Å². The zero-order valence-corrected chi connectivity index (χ0v) is 10.2. The normalized spacial score (nSPS) is 11.3.